The summed E-state index contributed by atoms with van der Waals surface area (Å²) < 4.78 is 5.87. The van der Waals surface area contributed by atoms with Crippen LogP contribution in [0, 0.1) is 6.92 Å². The van der Waals surface area contributed by atoms with Crippen molar-refractivity contribution < 1.29 is 4.42 Å². The monoisotopic (exact) mass is 283 g/mol. The number of nitrogens with zero attached hydrogens (tertiary/aromatic N) is 1. The molecule has 0 fully saturated rings. The molecule has 0 aliphatic carbocycles. The second-order valence-electron chi connectivity index (χ2n) is 5.49. The zero-order valence-electron chi connectivity index (χ0n) is 12.5. The number of rotatable bonds is 6. The predicted octanol–water partition coefficient (Wildman–Crippen LogP) is 3.75. The summed E-state index contributed by atoms with van der Waals surface area (Å²) >= 11 is 0. The smallest absolute Gasteiger partial charge is 0.134 e. The van der Waals surface area contributed by atoms with Gasteiger partial charge in [0.1, 0.15) is 11.3 Å². The van der Waals surface area contributed by atoms with Gasteiger partial charge in [-0.15, -0.1) is 0 Å². The van der Waals surface area contributed by atoms with E-state index in [1.165, 1.54) is 11.3 Å². The topological polar surface area (TPSA) is 53.9 Å². The number of hydrogen-bond acceptors (Lipinski definition) is 3. The zero-order chi connectivity index (χ0) is 14.7. The van der Waals surface area contributed by atoms with Crippen molar-refractivity contribution in [1.29, 1.82) is 0 Å². The summed E-state index contributed by atoms with van der Waals surface area (Å²) in [6.07, 6.45) is 4.05. The predicted molar refractivity (Wildman–Crippen MR) is 84.3 cm³/mol. The summed E-state index contributed by atoms with van der Waals surface area (Å²) in [5.41, 5.74) is 3.42. The van der Waals surface area contributed by atoms with Crippen molar-refractivity contribution in [2.75, 3.05) is 6.54 Å². The number of hydrogen-bond donors (Lipinski definition) is 2. The highest BCUT2D eigenvalue weighted by Gasteiger charge is 2.10. The standard InChI is InChI=1S/C17H21N3O/c1-12-15(11-19-20-12)7-5-9-18-13(2)17-10-14-6-3-4-8-16(14)21-17/h3-4,6,8,10-11,13,18H,5,7,9H2,1-2H3,(H,19,20). The first kappa shape index (κ1) is 13.9. The Balaban J connectivity index is 1.52. The van der Waals surface area contributed by atoms with E-state index in [0.29, 0.717) is 0 Å². The number of aromatic nitrogens is 2. The molecule has 110 valence electrons. The van der Waals surface area contributed by atoms with E-state index in [0.717, 1.165) is 36.1 Å². The third kappa shape index (κ3) is 3.16. The minimum Gasteiger partial charge on any atom is -0.459 e. The van der Waals surface area contributed by atoms with E-state index in [4.69, 9.17) is 4.42 Å². The van der Waals surface area contributed by atoms with Crippen molar-refractivity contribution in [3.05, 3.63) is 53.5 Å². The van der Waals surface area contributed by atoms with Gasteiger partial charge < -0.3 is 9.73 Å². The lowest BCUT2D eigenvalue weighted by atomic mass is 10.1. The molecule has 2 N–H and O–H groups in total. The summed E-state index contributed by atoms with van der Waals surface area (Å²) in [4.78, 5) is 0. The first-order valence-corrected chi connectivity index (χ1v) is 7.45. The Morgan fingerprint density at radius 2 is 2.19 bits per heavy atom. The zero-order valence-corrected chi connectivity index (χ0v) is 12.5. The lowest BCUT2D eigenvalue weighted by Crippen LogP contribution is -2.19. The molecule has 0 aliphatic rings. The minimum absolute atomic E-state index is 0.225. The Morgan fingerprint density at radius 1 is 1.33 bits per heavy atom. The molecule has 4 heteroatoms. The van der Waals surface area contributed by atoms with E-state index in [2.05, 4.69) is 41.5 Å². The van der Waals surface area contributed by atoms with Crippen LogP contribution in [0.5, 0.6) is 0 Å². The number of fused-ring (bicyclic) bond motifs is 1. The Kier molecular flexibility index (Phi) is 4.06. The van der Waals surface area contributed by atoms with Crippen LogP contribution in [0.1, 0.15) is 36.4 Å². The lowest BCUT2D eigenvalue weighted by Gasteiger charge is -2.10. The number of aromatic amines is 1. The Bertz CT molecular complexity index is 680. The minimum atomic E-state index is 0.225. The van der Waals surface area contributed by atoms with Gasteiger partial charge in [0.15, 0.2) is 0 Å². The summed E-state index contributed by atoms with van der Waals surface area (Å²) in [5, 5.41) is 11.7. The molecule has 3 rings (SSSR count). The largest absolute Gasteiger partial charge is 0.459 e. The lowest BCUT2D eigenvalue weighted by molar-refractivity contribution is 0.449. The van der Waals surface area contributed by atoms with Crippen molar-refractivity contribution in [1.82, 2.24) is 15.5 Å². The summed E-state index contributed by atoms with van der Waals surface area (Å²) in [6.45, 7) is 5.16. The molecule has 2 heterocycles. The number of nitrogens with one attached hydrogen (secondary N) is 2. The van der Waals surface area contributed by atoms with Crippen LogP contribution in [0.3, 0.4) is 0 Å². The van der Waals surface area contributed by atoms with E-state index in [-0.39, 0.29) is 6.04 Å². The highest BCUT2D eigenvalue weighted by Crippen LogP contribution is 2.23. The summed E-state index contributed by atoms with van der Waals surface area (Å²) in [7, 11) is 0. The van der Waals surface area contributed by atoms with Gasteiger partial charge in [-0.3, -0.25) is 5.10 Å². The molecule has 0 radical (unpaired) electrons. The van der Waals surface area contributed by atoms with Gasteiger partial charge in [-0.2, -0.15) is 5.10 Å². The number of H-pyrrole nitrogens is 1. The Hall–Kier alpha value is -2.07. The average molecular weight is 283 g/mol. The van der Waals surface area contributed by atoms with Gasteiger partial charge in [-0.1, -0.05) is 18.2 Å². The van der Waals surface area contributed by atoms with Crippen LogP contribution in [0.2, 0.25) is 0 Å². The van der Waals surface area contributed by atoms with Gasteiger partial charge in [0.25, 0.3) is 0 Å². The van der Waals surface area contributed by atoms with Crippen molar-refractivity contribution in [3.63, 3.8) is 0 Å². The number of benzene rings is 1. The van der Waals surface area contributed by atoms with Gasteiger partial charge >= 0.3 is 0 Å². The maximum Gasteiger partial charge on any atom is 0.134 e. The van der Waals surface area contributed by atoms with E-state index >= 15 is 0 Å². The molecule has 4 nitrogen and oxygen atoms in total. The van der Waals surface area contributed by atoms with Gasteiger partial charge in [-0.25, -0.2) is 0 Å². The van der Waals surface area contributed by atoms with Crippen LogP contribution in [0.25, 0.3) is 11.0 Å². The maximum atomic E-state index is 5.87. The Labute approximate surface area is 124 Å². The molecule has 1 unspecified atom stereocenters. The molecule has 0 aliphatic heterocycles. The fourth-order valence-electron chi connectivity index (χ4n) is 2.54. The van der Waals surface area contributed by atoms with Crippen molar-refractivity contribution >= 4 is 11.0 Å². The van der Waals surface area contributed by atoms with Crippen LogP contribution in [-0.4, -0.2) is 16.7 Å². The molecular weight excluding hydrogens is 262 g/mol. The van der Waals surface area contributed by atoms with E-state index < -0.39 is 0 Å². The van der Waals surface area contributed by atoms with E-state index in [1.807, 2.05) is 24.4 Å². The van der Waals surface area contributed by atoms with Crippen LogP contribution < -0.4 is 5.32 Å². The van der Waals surface area contributed by atoms with E-state index in [9.17, 15) is 0 Å². The molecule has 0 saturated carbocycles. The first-order valence-electron chi connectivity index (χ1n) is 7.45. The Morgan fingerprint density at radius 3 is 2.95 bits per heavy atom. The van der Waals surface area contributed by atoms with E-state index in [1.54, 1.807) is 0 Å². The van der Waals surface area contributed by atoms with Gasteiger partial charge in [0.05, 0.1) is 12.2 Å². The van der Waals surface area contributed by atoms with Gasteiger partial charge in [0, 0.05) is 11.1 Å². The van der Waals surface area contributed by atoms with Gasteiger partial charge in [-0.05, 0) is 50.9 Å². The molecule has 21 heavy (non-hydrogen) atoms. The van der Waals surface area contributed by atoms with Crippen LogP contribution in [-0.2, 0) is 6.42 Å². The molecule has 1 atom stereocenters. The average Bonchev–Trinajstić information content (AvgIpc) is 3.09. The summed E-state index contributed by atoms with van der Waals surface area (Å²) in [5.74, 6) is 0.996. The van der Waals surface area contributed by atoms with Crippen LogP contribution >= 0.6 is 0 Å². The van der Waals surface area contributed by atoms with Crippen molar-refractivity contribution in [3.8, 4) is 0 Å². The van der Waals surface area contributed by atoms with Crippen molar-refractivity contribution in [2.24, 2.45) is 0 Å². The second-order valence-corrected chi connectivity index (χ2v) is 5.49. The highest BCUT2D eigenvalue weighted by atomic mass is 16.3. The highest BCUT2D eigenvalue weighted by molar-refractivity contribution is 5.77. The molecule has 0 bridgehead atoms. The van der Waals surface area contributed by atoms with Crippen LogP contribution in [0.15, 0.2) is 40.9 Å². The van der Waals surface area contributed by atoms with Crippen LogP contribution in [0.4, 0.5) is 0 Å². The third-order valence-corrected chi connectivity index (χ3v) is 3.88. The molecule has 3 aromatic rings. The normalized spacial score (nSPS) is 12.9. The number of aryl methyl sites for hydroxylation is 2. The fourth-order valence-corrected chi connectivity index (χ4v) is 2.54. The SMILES string of the molecule is Cc1[nH]ncc1CCCNC(C)c1cc2ccccc2o1. The maximum absolute atomic E-state index is 5.87. The van der Waals surface area contributed by atoms with Crippen molar-refractivity contribution in [2.45, 2.75) is 32.7 Å². The molecule has 1 aromatic carbocycles. The molecular formula is C17H21N3O. The number of para-hydroxylation sites is 1. The second kappa shape index (κ2) is 6.14. The van der Waals surface area contributed by atoms with Gasteiger partial charge in [0.2, 0.25) is 0 Å². The quantitative estimate of drug-likeness (QED) is 0.677. The molecule has 0 amide bonds. The fraction of sp³-hybridized carbons (Fsp3) is 0.353. The first-order chi connectivity index (χ1) is 10.2. The third-order valence-electron chi connectivity index (χ3n) is 3.88. The molecule has 0 saturated heterocycles. The molecule has 2 aromatic heterocycles. The summed E-state index contributed by atoms with van der Waals surface area (Å²) in [6, 6.07) is 10.5. The number of furan rings is 1. The molecule has 0 spiro atoms.